The van der Waals surface area contributed by atoms with Crippen molar-refractivity contribution in [1.29, 1.82) is 0 Å². The van der Waals surface area contributed by atoms with Crippen molar-refractivity contribution in [3.05, 3.63) is 89.5 Å². The molecule has 0 fully saturated rings. The van der Waals surface area contributed by atoms with Crippen molar-refractivity contribution in [2.75, 3.05) is 18.5 Å². The van der Waals surface area contributed by atoms with E-state index in [0.29, 0.717) is 17.9 Å². The highest BCUT2D eigenvalue weighted by Crippen LogP contribution is 2.29. The van der Waals surface area contributed by atoms with E-state index < -0.39 is 35.6 Å². The maximum Gasteiger partial charge on any atom is 0.375 e. The normalized spacial score (nSPS) is 10.4. The first-order valence-corrected chi connectivity index (χ1v) is 12.0. The van der Waals surface area contributed by atoms with E-state index in [1.165, 1.54) is 23.8 Å². The summed E-state index contributed by atoms with van der Waals surface area (Å²) in [5.74, 6) is -3.25. The largest absolute Gasteiger partial charge is 0.505 e. The lowest BCUT2D eigenvalue weighted by atomic mass is 10.0. The smallest absolute Gasteiger partial charge is 0.375 e. The fourth-order valence-electron chi connectivity index (χ4n) is 3.56. The molecule has 3 rings (SSSR count). The maximum atomic E-state index is 12.7. The molecule has 1 amide bonds. The fraction of sp³-hybridized carbons (Fsp3) is 0.241. The predicted octanol–water partition coefficient (Wildman–Crippen LogP) is 4.75. The second-order valence-corrected chi connectivity index (χ2v) is 8.22. The van der Waals surface area contributed by atoms with Crippen molar-refractivity contribution in [2.45, 2.75) is 32.6 Å². The van der Waals surface area contributed by atoms with E-state index in [0.717, 1.165) is 19.3 Å². The predicted molar refractivity (Wildman–Crippen MR) is 138 cm³/mol. The topological polar surface area (TPSA) is 119 Å². The second-order valence-electron chi connectivity index (χ2n) is 8.22. The van der Waals surface area contributed by atoms with Gasteiger partial charge in [-0.2, -0.15) is 0 Å². The van der Waals surface area contributed by atoms with Crippen LogP contribution in [0.2, 0.25) is 0 Å². The molecule has 192 valence electrons. The summed E-state index contributed by atoms with van der Waals surface area (Å²) in [6.07, 6.45) is 2.14. The molecule has 0 heterocycles. The van der Waals surface area contributed by atoms with Crippen LogP contribution in [0.1, 0.15) is 52.5 Å². The summed E-state index contributed by atoms with van der Waals surface area (Å²) in [5, 5.41) is 13.0. The molecule has 0 unspecified atom stereocenters. The van der Waals surface area contributed by atoms with E-state index in [-0.39, 0.29) is 17.9 Å². The van der Waals surface area contributed by atoms with Crippen LogP contribution in [0.25, 0.3) is 0 Å². The molecule has 3 aromatic carbocycles. The number of ketones is 2. The molecule has 0 aromatic heterocycles. The minimum atomic E-state index is -1.11. The van der Waals surface area contributed by atoms with Gasteiger partial charge in [0.05, 0.1) is 30.9 Å². The number of amides is 1. The number of Topliss-reactive ketones (excluding diaryl/α,β-unsaturated/α-hetero) is 2. The van der Waals surface area contributed by atoms with E-state index in [1.807, 2.05) is 18.2 Å². The number of ether oxygens (including phenoxy) is 2. The van der Waals surface area contributed by atoms with Crippen molar-refractivity contribution in [3.63, 3.8) is 0 Å². The Kier molecular flexibility index (Phi) is 9.96. The molecule has 2 N–H and O–H groups in total. The lowest BCUT2D eigenvalue weighted by molar-refractivity contribution is -0.153. The zero-order valence-corrected chi connectivity index (χ0v) is 20.6. The van der Waals surface area contributed by atoms with E-state index in [2.05, 4.69) is 22.2 Å². The number of hydrogen-bond acceptors (Lipinski definition) is 7. The Labute approximate surface area is 215 Å². The third-order valence-electron chi connectivity index (χ3n) is 5.50. The highest BCUT2D eigenvalue weighted by Gasteiger charge is 2.23. The molecule has 8 heteroatoms. The Morgan fingerprint density at radius 1 is 0.865 bits per heavy atom. The van der Waals surface area contributed by atoms with Crippen LogP contribution in [0.3, 0.4) is 0 Å². The van der Waals surface area contributed by atoms with Crippen LogP contribution >= 0.6 is 0 Å². The van der Waals surface area contributed by atoms with Gasteiger partial charge in [-0.3, -0.25) is 14.4 Å². The zero-order valence-electron chi connectivity index (χ0n) is 20.6. The first kappa shape index (κ1) is 27.1. The monoisotopic (exact) mass is 503 g/mol. The minimum absolute atomic E-state index is 0.00169. The van der Waals surface area contributed by atoms with Gasteiger partial charge in [-0.1, -0.05) is 36.4 Å². The summed E-state index contributed by atoms with van der Waals surface area (Å²) in [7, 11) is 0. The van der Waals surface area contributed by atoms with Crippen LogP contribution in [0.5, 0.6) is 11.5 Å². The van der Waals surface area contributed by atoms with E-state index >= 15 is 0 Å². The van der Waals surface area contributed by atoms with Crippen molar-refractivity contribution in [3.8, 4) is 11.5 Å². The molecule has 3 aromatic rings. The Morgan fingerprint density at radius 3 is 2.30 bits per heavy atom. The molecule has 0 bridgehead atoms. The van der Waals surface area contributed by atoms with Crippen LogP contribution in [-0.2, 0) is 20.7 Å². The van der Waals surface area contributed by atoms with Crippen LogP contribution in [0.4, 0.5) is 5.69 Å². The van der Waals surface area contributed by atoms with E-state index in [9.17, 15) is 24.3 Å². The summed E-state index contributed by atoms with van der Waals surface area (Å²) in [6.45, 7) is 2.11. The number of phenolic OH excluding ortho intramolecular Hbond substituents is 1. The number of unbranched alkanes of at least 4 members (excludes halogenated alkanes) is 1. The number of rotatable bonds is 13. The van der Waals surface area contributed by atoms with Gasteiger partial charge in [-0.25, -0.2) is 4.79 Å². The Morgan fingerprint density at radius 2 is 1.59 bits per heavy atom. The van der Waals surface area contributed by atoms with Crippen molar-refractivity contribution in [1.82, 2.24) is 0 Å². The Bertz CT molecular complexity index is 1240. The first-order chi connectivity index (χ1) is 17.9. The van der Waals surface area contributed by atoms with E-state index in [4.69, 9.17) is 4.74 Å². The number of aryl methyl sites for hydroxylation is 1. The Hall–Kier alpha value is -4.46. The quantitative estimate of drug-likeness (QED) is 0.0863. The van der Waals surface area contributed by atoms with Crippen LogP contribution in [0, 0.1) is 0 Å². The van der Waals surface area contributed by atoms with Gasteiger partial charge in [0.2, 0.25) is 5.78 Å². The number of para-hydroxylation sites is 1. The molecule has 0 saturated heterocycles. The highest BCUT2D eigenvalue weighted by atomic mass is 16.5. The minimum Gasteiger partial charge on any atom is -0.505 e. The summed E-state index contributed by atoms with van der Waals surface area (Å²) >= 11 is 0. The number of hydrogen-bond donors (Lipinski definition) is 2. The van der Waals surface area contributed by atoms with Crippen LogP contribution < -0.4 is 10.1 Å². The average Bonchev–Trinajstić information content (AvgIpc) is 2.90. The average molecular weight is 504 g/mol. The van der Waals surface area contributed by atoms with Gasteiger partial charge in [0.15, 0.2) is 5.78 Å². The number of esters is 1. The molecular formula is C29H29NO7. The molecule has 37 heavy (non-hydrogen) atoms. The highest BCUT2D eigenvalue weighted by molar-refractivity contribution is 6.38. The van der Waals surface area contributed by atoms with Crippen molar-refractivity contribution in [2.24, 2.45) is 0 Å². The van der Waals surface area contributed by atoms with Gasteiger partial charge in [0.1, 0.15) is 11.5 Å². The summed E-state index contributed by atoms with van der Waals surface area (Å²) in [5.41, 5.74) is 1.43. The zero-order chi connectivity index (χ0) is 26.6. The number of carbonyl (C=O) groups is 4. The third kappa shape index (κ3) is 8.03. The van der Waals surface area contributed by atoms with Gasteiger partial charge < -0.3 is 19.9 Å². The molecule has 0 saturated carbocycles. The summed E-state index contributed by atoms with van der Waals surface area (Å²) in [6, 6.07) is 21.0. The van der Waals surface area contributed by atoms with Gasteiger partial charge in [0, 0.05) is 5.56 Å². The molecule has 8 nitrogen and oxygen atoms in total. The number of benzene rings is 3. The number of aromatic hydroxyl groups is 1. The van der Waals surface area contributed by atoms with Crippen molar-refractivity contribution >= 4 is 29.1 Å². The second kappa shape index (κ2) is 13.6. The number of nitrogens with one attached hydrogen (secondary N) is 1. The lowest BCUT2D eigenvalue weighted by Gasteiger charge is -2.11. The van der Waals surface area contributed by atoms with Gasteiger partial charge in [-0.05, 0) is 68.1 Å². The molecule has 0 aliphatic heterocycles. The molecule has 0 atom stereocenters. The van der Waals surface area contributed by atoms with Crippen molar-refractivity contribution < 1.29 is 33.8 Å². The number of phenols is 1. The number of carbonyl (C=O) groups excluding carboxylic acids is 4. The first-order valence-electron chi connectivity index (χ1n) is 12.0. The van der Waals surface area contributed by atoms with Crippen LogP contribution in [0.15, 0.2) is 72.8 Å². The molecule has 0 spiro atoms. The van der Waals surface area contributed by atoms with Crippen LogP contribution in [-0.4, -0.2) is 41.8 Å². The fourth-order valence-corrected chi connectivity index (χ4v) is 3.56. The molecule has 0 radical (unpaired) electrons. The Balaban J connectivity index is 1.52. The lowest BCUT2D eigenvalue weighted by Crippen LogP contribution is -2.21. The van der Waals surface area contributed by atoms with E-state index in [1.54, 1.807) is 31.2 Å². The summed E-state index contributed by atoms with van der Waals surface area (Å²) < 4.78 is 10.3. The maximum absolute atomic E-state index is 12.7. The van der Waals surface area contributed by atoms with Gasteiger partial charge in [-0.15, -0.1) is 0 Å². The number of anilines is 1. The summed E-state index contributed by atoms with van der Waals surface area (Å²) in [4.78, 5) is 48.4. The van der Waals surface area contributed by atoms with Gasteiger partial charge >= 0.3 is 5.97 Å². The molecular weight excluding hydrogens is 474 g/mol. The standard InChI is InChI=1S/C29H29NO7/c1-2-36-29(35)26(32)19-25(31)23-12-8-13-24(27(23)33)30-28(34)21-14-16-22(17-15-21)37-18-7-6-11-20-9-4-3-5-10-20/h3-5,8-10,12-17,33H,2,6-7,11,18-19H2,1H3,(H,30,34). The van der Waals surface area contributed by atoms with Gasteiger partial charge in [0.25, 0.3) is 5.91 Å². The molecule has 0 aliphatic carbocycles. The molecule has 0 aliphatic rings. The third-order valence-corrected chi connectivity index (χ3v) is 5.50. The SMILES string of the molecule is CCOC(=O)C(=O)CC(=O)c1cccc(NC(=O)c2ccc(OCCCCc3ccccc3)cc2)c1O.